The molecule has 5 nitrogen and oxygen atoms in total. The predicted molar refractivity (Wildman–Crippen MR) is 88.2 cm³/mol. The predicted octanol–water partition coefficient (Wildman–Crippen LogP) is 1.75. The highest BCUT2D eigenvalue weighted by molar-refractivity contribution is 9.10. The molecule has 114 valence electrons. The minimum Gasteiger partial charge on any atom is -0.399 e. The number of carbonyl (C=O) groups is 1. The zero-order valence-corrected chi connectivity index (χ0v) is 13.6. The zero-order valence-electron chi connectivity index (χ0n) is 12.0. The third kappa shape index (κ3) is 3.56. The fourth-order valence-electron chi connectivity index (χ4n) is 3.22. The van der Waals surface area contributed by atoms with E-state index in [-0.39, 0.29) is 5.91 Å². The summed E-state index contributed by atoms with van der Waals surface area (Å²) < 4.78 is 0.816. The Morgan fingerprint density at radius 2 is 2.24 bits per heavy atom. The average molecular weight is 353 g/mol. The van der Waals surface area contributed by atoms with Crippen LogP contribution in [0, 0.1) is 0 Å². The van der Waals surface area contributed by atoms with Gasteiger partial charge in [0.25, 0.3) is 0 Å². The third-order valence-electron chi connectivity index (χ3n) is 4.31. The second kappa shape index (κ2) is 6.34. The molecule has 2 aliphatic rings. The van der Waals surface area contributed by atoms with Gasteiger partial charge in [-0.25, -0.2) is 0 Å². The lowest BCUT2D eigenvalue weighted by Crippen LogP contribution is -2.51. The molecule has 1 unspecified atom stereocenters. The zero-order chi connectivity index (χ0) is 14.8. The van der Waals surface area contributed by atoms with Crippen LogP contribution in [-0.4, -0.2) is 54.5 Å². The van der Waals surface area contributed by atoms with Gasteiger partial charge < -0.3 is 11.1 Å². The normalized spacial score (nSPS) is 23.0. The van der Waals surface area contributed by atoms with Crippen molar-refractivity contribution in [3.63, 3.8) is 0 Å². The van der Waals surface area contributed by atoms with Crippen LogP contribution in [0.3, 0.4) is 0 Å². The van der Waals surface area contributed by atoms with E-state index in [1.165, 1.54) is 19.4 Å². The van der Waals surface area contributed by atoms with Crippen molar-refractivity contribution in [1.82, 2.24) is 9.80 Å². The number of fused-ring (bicyclic) bond motifs is 1. The third-order valence-corrected chi connectivity index (χ3v) is 4.96. The summed E-state index contributed by atoms with van der Waals surface area (Å²) >= 11 is 3.42. The van der Waals surface area contributed by atoms with Gasteiger partial charge in [0, 0.05) is 35.8 Å². The van der Waals surface area contributed by atoms with E-state index < -0.39 is 0 Å². The summed E-state index contributed by atoms with van der Waals surface area (Å²) in [4.78, 5) is 17.0. The van der Waals surface area contributed by atoms with Crippen LogP contribution in [0.15, 0.2) is 22.7 Å². The van der Waals surface area contributed by atoms with Crippen molar-refractivity contribution in [2.75, 3.05) is 43.8 Å². The lowest BCUT2D eigenvalue weighted by atomic mass is 10.1. The van der Waals surface area contributed by atoms with Crippen molar-refractivity contribution in [2.45, 2.75) is 18.9 Å². The van der Waals surface area contributed by atoms with Gasteiger partial charge in [-0.15, -0.1) is 0 Å². The fraction of sp³-hybridized carbons (Fsp3) is 0.533. The van der Waals surface area contributed by atoms with Crippen LogP contribution in [0.25, 0.3) is 0 Å². The van der Waals surface area contributed by atoms with Gasteiger partial charge in [0.15, 0.2) is 0 Å². The number of carbonyl (C=O) groups excluding carboxylic acids is 1. The maximum Gasteiger partial charge on any atom is 0.238 e. The SMILES string of the molecule is Nc1ccc(NC(=O)CN2CCN3CCCC3C2)c(Br)c1. The lowest BCUT2D eigenvalue weighted by molar-refractivity contribution is -0.117. The van der Waals surface area contributed by atoms with Crippen molar-refractivity contribution < 1.29 is 4.79 Å². The number of piperazine rings is 1. The van der Waals surface area contributed by atoms with Crippen LogP contribution in [-0.2, 0) is 4.79 Å². The molecule has 2 aliphatic heterocycles. The number of amides is 1. The monoisotopic (exact) mass is 352 g/mol. The lowest BCUT2D eigenvalue weighted by Gasteiger charge is -2.37. The molecule has 0 saturated carbocycles. The number of rotatable bonds is 3. The Morgan fingerprint density at radius 3 is 3.05 bits per heavy atom. The van der Waals surface area contributed by atoms with E-state index in [0.717, 1.165) is 29.8 Å². The summed E-state index contributed by atoms with van der Waals surface area (Å²) in [6.07, 6.45) is 2.56. The molecule has 1 aromatic carbocycles. The van der Waals surface area contributed by atoms with Gasteiger partial charge in [0.1, 0.15) is 0 Å². The van der Waals surface area contributed by atoms with Crippen molar-refractivity contribution in [3.8, 4) is 0 Å². The van der Waals surface area contributed by atoms with Gasteiger partial charge in [0.2, 0.25) is 5.91 Å². The fourth-order valence-corrected chi connectivity index (χ4v) is 3.72. The first kappa shape index (κ1) is 14.8. The summed E-state index contributed by atoms with van der Waals surface area (Å²) in [5, 5.41) is 2.95. The van der Waals surface area contributed by atoms with Gasteiger partial charge in [-0.3, -0.25) is 14.6 Å². The highest BCUT2D eigenvalue weighted by Gasteiger charge is 2.31. The van der Waals surface area contributed by atoms with E-state index in [1.54, 1.807) is 12.1 Å². The van der Waals surface area contributed by atoms with Crippen LogP contribution >= 0.6 is 15.9 Å². The number of nitrogens with two attached hydrogens (primary N) is 1. The number of nitrogens with zero attached hydrogens (tertiary/aromatic N) is 2. The molecule has 3 rings (SSSR count). The molecule has 0 radical (unpaired) electrons. The molecule has 0 aliphatic carbocycles. The summed E-state index contributed by atoms with van der Waals surface area (Å²) in [6.45, 7) is 4.76. The molecular weight excluding hydrogens is 332 g/mol. The van der Waals surface area contributed by atoms with E-state index in [2.05, 4.69) is 31.0 Å². The van der Waals surface area contributed by atoms with Gasteiger partial charge in [0.05, 0.1) is 12.2 Å². The molecule has 1 amide bonds. The Morgan fingerprint density at radius 1 is 1.38 bits per heavy atom. The van der Waals surface area contributed by atoms with E-state index in [1.807, 2.05) is 6.07 Å². The Balaban J connectivity index is 1.54. The molecule has 0 spiro atoms. The molecule has 2 saturated heterocycles. The van der Waals surface area contributed by atoms with Gasteiger partial charge in [-0.05, 0) is 53.5 Å². The average Bonchev–Trinajstić information content (AvgIpc) is 2.89. The largest absolute Gasteiger partial charge is 0.399 e. The summed E-state index contributed by atoms with van der Waals surface area (Å²) in [6, 6.07) is 6.06. The highest BCUT2D eigenvalue weighted by atomic mass is 79.9. The minimum absolute atomic E-state index is 0.0342. The summed E-state index contributed by atoms with van der Waals surface area (Å²) in [5.41, 5.74) is 7.15. The van der Waals surface area contributed by atoms with Crippen LogP contribution in [0.5, 0.6) is 0 Å². The van der Waals surface area contributed by atoms with Crippen molar-refractivity contribution in [3.05, 3.63) is 22.7 Å². The number of anilines is 2. The van der Waals surface area contributed by atoms with Gasteiger partial charge in [-0.2, -0.15) is 0 Å². The number of hydrogen-bond donors (Lipinski definition) is 2. The molecule has 2 fully saturated rings. The first-order chi connectivity index (χ1) is 10.1. The first-order valence-electron chi connectivity index (χ1n) is 7.43. The molecule has 6 heteroatoms. The maximum atomic E-state index is 12.2. The van der Waals surface area contributed by atoms with Gasteiger partial charge in [-0.1, -0.05) is 0 Å². The summed E-state index contributed by atoms with van der Waals surface area (Å²) in [5.74, 6) is 0.0342. The van der Waals surface area contributed by atoms with Crippen molar-refractivity contribution in [2.24, 2.45) is 0 Å². The molecule has 3 N–H and O–H groups in total. The number of hydrogen-bond acceptors (Lipinski definition) is 4. The van der Waals surface area contributed by atoms with E-state index in [0.29, 0.717) is 18.3 Å². The van der Waals surface area contributed by atoms with Crippen LogP contribution < -0.4 is 11.1 Å². The van der Waals surface area contributed by atoms with Crippen LogP contribution in [0.4, 0.5) is 11.4 Å². The number of nitrogens with one attached hydrogen (secondary N) is 1. The Labute approximate surface area is 133 Å². The molecule has 1 atom stereocenters. The second-order valence-electron chi connectivity index (χ2n) is 5.85. The van der Waals surface area contributed by atoms with E-state index >= 15 is 0 Å². The van der Waals surface area contributed by atoms with Gasteiger partial charge >= 0.3 is 0 Å². The minimum atomic E-state index is 0.0342. The first-order valence-corrected chi connectivity index (χ1v) is 8.22. The molecule has 0 aromatic heterocycles. The topological polar surface area (TPSA) is 61.6 Å². The van der Waals surface area contributed by atoms with Crippen LogP contribution in [0.2, 0.25) is 0 Å². The van der Waals surface area contributed by atoms with Crippen molar-refractivity contribution in [1.29, 1.82) is 0 Å². The van der Waals surface area contributed by atoms with Crippen molar-refractivity contribution >= 4 is 33.2 Å². The van der Waals surface area contributed by atoms with Crippen LogP contribution in [0.1, 0.15) is 12.8 Å². The smallest absolute Gasteiger partial charge is 0.238 e. The Kier molecular flexibility index (Phi) is 4.47. The Bertz CT molecular complexity index is 536. The quantitative estimate of drug-likeness (QED) is 0.813. The highest BCUT2D eigenvalue weighted by Crippen LogP contribution is 2.25. The molecular formula is C15H21BrN4O. The standard InChI is InChI=1S/C15H21BrN4O/c16-13-8-11(17)3-4-14(13)18-15(21)10-19-6-7-20-5-1-2-12(20)9-19/h3-4,8,12H,1-2,5-7,9-10,17H2,(H,18,21). The summed E-state index contributed by atoms with van der Waals surface area (Å²) in [7, 11) is 0. The Hall–Kier alpha value is -1.11. The molecule has 0 bridgehead atoms. The number of halogens is 1. The maximum absolute atomic E-state index is 12.2. The number of nitrogen functional groups attached to an aromatic ring is 1. The molecule has 21 heavy (non-hydrogen) atoms. The molecule has 2 heterocycles. The van der Waals surface area contributed by atoms with E-state index in [4.69, 9.17) is 5.73 Å². The molecule has 1 aromatic rings. The second-order valence-corrected chi connectivity index (χ2v) is 6.71. The number of benzene rings is 1. The van der Waals surface area contributed by atoms with E-state index in [9.17, 15) is 4.79 Å².